The fraction of sp³-hybridized carbons (Fsp3) is 0.579. The average Bonchev–Trinajstić information content (AvgIpc) is 2.64. The summed E-state index contributed by atoms with van der Waals surface area (Å²) in [6.07, 6.45) is 5.02. The minimum Gasteiger partial charge on any atom is -0.341 e. The SMILES string of the molecule is Cl.NCCCCCCC(=O)Nc1ccc(CC(=O)N2CCSCC2)cc1. The summed E-state index contributed by atoms with van der Waals surface area (Å²) in [5, 5.41) is 2.92. The number of thioether (sulfide) groups is 1. The lowest BCUT2D eigenvalue weighted by molar-refractivity contribution is -0.130. The van der Waals surface area contributed by atoms with Gasteiger partial charge in [0.1, 0.15) is 0 Å². The molecule has 0 radical (unpaired) electrons. The van der Waals surface area contributed by atoms with Gasteiger partial charge in [0.05, 0.1) is 6.42 Å². The Labute approximate surface area is 166 Å². The lowest BCUT2D eigenvalue weighted by atomic mass is 10.1. The van der Waals surface area contributed by atoms with Crippen molar-refractivity contribution in [1.82, 2.24) is 4.90 Å². The molecule has 5 nitrogen and oxygen atoms in total. The molecule has 0 bridgehead atoms. The number of nitrogens with zero attached hydrogens (tertiary/aromatic N) is 1. The molecular formula is C19H30ClN3O2S. The van der Waals surface area contributed by atoms with E-state index in [2.05, 4.69) is 5.32 Å². The number of carbonyl (C=O) groups is 2. The number of amides is 2. The van der Waals surface area contributed by atoms with Crippen molar-refractivity contribution < 1.29 is 9.59 Å². The lowest BCUT2D eigenvalue weighted by Crippen LogP contribution is -2.38. The highest BCUT2D eigenvalue weighted by Crippen LogP contribution is 2.14. The van der Waals surface area contributed by atoms with Crippen LogP contribution in [0.15, 0.2) is 24.3 Å². The zero-order chi connectivity index (χ0) is 17.9. The van der Waals surface area contributed by atoms with Crippen LogP contribution in [0.4, 0.5) is 5.69 Å². The van der Waals surface area contributed by atoms with Crippen LogP contribution in [0.3, 0.4) is 0 Å². The first-order chi connectivity index (χ1) is 12.2. The van der Waals surface area contributed by atoms with Crippen molar-refractivity contribution in [2.45, 2.75) is 38.5 Å². The highest BCUT2D eigenvalue weighted by Gasteiger charge is 2.16. The van der Waals surface area contributed by atoms with E-state index in [0.717, 1.165) is 68.1 Å². The molecule has 7 heteroatoms. The smallest absolute Gasteiger partial charge is 0.227 e. The molecule has 1 aromatic rings. The van der Waals surface area contributed by atoms with E-state index in [1.165, 1.54) is 0 Å². The molecule has 0 spiro atoms. The summed E-state index contributed by atoms with van der Waals surface area (Å²) in [5.74, 6) is 2.29. The van der Waals surface area contributed by atoms with Crippen molar-refractivity contribution in [2.75, 3.05) is 36.5 Å². The fourth-order valence-electron chi connectivity index (χ4n) is 2.81. The van der Waals surface area contributed by atoms with Crippen molar-refractivity contribution in [3.63, 3.8) is 0 Å². The Morgan fingerprint density at radius 1 is 1.04 bits per heavy atom. The van der Waals surface area contributed by atoms with E-state index in [0.29, 0.717) is 12.8 Å². The quantitative estimate of drug-likeness (QED) is 0.625. The number of benzene rings is 1. The predicted molar refractivity (Wildman–Crippen MR) is 112 cm³/mol. The second-order valence-corrected chi connectivity index (χ2v) is 7.59. The predicted octanol–water partition coefficient (Wildman–Crippen LogP) is 3.07. The van der Waals surface area contributed by atoms with Crippen LogP contribution in [0.1, 0.15) is 37.7 Å². The van der Waals surface area contributed by atoms with Gasteiger partial charge in [0.25, 0.3) is 0 Å². The third kappa shape index (κ3) is 8.43. The Hall–Kier alpha value is -1.24. The molecule has 1 aliphatic rings. The molecule has 0 saturated carbocycles. The monoisotopic (exact) mass is 399 g/mol. The number of nitrogens with two attached hydrogens (primary N) is 1. The first-order valence-electron chi connectivity index (χ1n) is 9.13. The molecule has 2 amide bonds. The lowest BCUT2D eigenvalue weighted by Gasteiger charge is -2.26. The van der Waals surface area contributed by atoms with Gasteiger partial charge in [-0.25, -0.2) is 0 Å². The molecule has 26 heavy (non-hydrogen) atoms. The topological polar surface area (TPSA) is 75.4 Å². The summed E-state index contributed by atoms with van der Waals surface area (Å²) in [6.45, 7) is 2.42. The Morgan fingerprint density at radius 3 is 2.35 bits per heavy atom. The van der Waals surface area contributed by atoms with Crippen LogP contribution in [-0.4, -0.2) is 47.9 Å². The Kier molecular flexibility index (Phi) is 11.4. The highest BCUT2D eigenvalue weighted by molar-refractivity contribution is 7.99. The summed E-state index contributed by atoms with van der Waals surface area (Å²) in [7, 11) is 0. The molecule has 1 fully saturated rings. The maximum Gasteiger partial charge on any atom is 0.227 e. The molecule has 3 N–H and O–H groups in total. The van der Waals surface area contributed by atoms with Gasteiger partial charge in [-0.2, -0.15) is 11.8 Å². The number of hydrogen-bond acceptors (Lipinski definition) is 4. The largest absolute Gasteiger partial charge is 0.341 e. The number of carbonyl (C=O) groups excluding carboxylic acids is 2. The first kappa shape index (κ1) is 22.8. The van der Waals surface area contributed by atoms with E-state index in [1.807, 2.05) is 40.9 Å². The van der Waals surface area contributed by atoms with Crippen LogP contribution in [0.25, 0.3) is 0 Å². The normalized spacial score (nSPS) is 13.8. The van der Waals surface area contributed by atoms with Crippen LogP contribution in [0.2, 0.25) is 0 Å². The second kappa shape index (κ2) is 13.0. The number of halogens is 1. The van der Waals surface area contributed by atoms with Gasteiger partial charge in [-0.05, 0) is 37.1 Å². The Bertz CT molecular complexity index is 548. The molecular weight excluding hydrogens is 370 g/mol. The van der Waals surface area contributed by atoms with E-state index in [4.69, 9.17) is 5.73 Å². The minimum atomic E-state index is 0. The summed E-state index contributed by atoms with van der Waals surface area (Å²) in [4.78, 5) is 26.1. The summed E-state index contributed by atoms with van der Waals surface area (Å²) in [6, 6.07) is 7.60. The van der Waals surface area contributed by atoms with Gasteiger partial charge in [-0.3, -0.25) is 9.59 Å². The van der Waals surface area contributed by atoms with E-state index in [1.54, 1.807) is 0 Å². The molecule has 146 valence electrons. The molecule has 0 unspecified atom stereocenters. The van der Waals surface area contributed by atoms with Gasteiger partial charge < -0.3 is 16.0 Å². The molecule has 1 aromatic carbocycles. The minimum absolute atomic E-state index is 0. The summed E-state index contributed by atoms with van der Waals surface area (Å²) < 4.78 is 0. The average molecular weight is 400 g/mol. The first-order valence-corrected chi connectivity index (χ1v) is 10.3. The maximum atomic E-state index is 12.3. The van der Waals surface area contributed by atoms with Gasteiger partial charge in [-0.15, -0.1) is 12.4 Å². The van der Waals surface area contributed by atoms with Crippen LogP contribution in [0, 0.1) is 0 Å². The highest BCUT2D eigenvalue weighted by atomic mass is 35.5. The number of rotatable bonds is 9. The van der Waals surface area contributed by atoms with E-state index < -0.39 is 0 Å². The number of hydrogen-bond donors (Lipinski definition) is 2. The Balaban J connectivity index is 0.00000338. The summed E-state index contributed by atoms with van der Waals surface area (Å²) in [5.41, 5.74) is 7.23. The number of anilines is 1. The van der Waals surface area contributed by atoms with E-state index in [-0.39, 0.29) is 24.2 Å². The van der Waals surface area contributed by atoms with Gasteiger partial charge in [-0.1, -0.05) is 25.0 Å². The van der Waals surface area contributed by atoms with Crippen molar-refractivity contribution in [1.29, 1.82) is 0 Å². The molecule has 1 aliphatic heterocycles. The van der Waals surface area contributed by atoms with Crippen molar-refractivity contribution in [2.24, 2.45) is 5.73 Å². The zero-order valence-corrected chi connectivity index (χ0v) is 16.9. The van der Waals surface area contributed by atoms with E-state index in [9.17, 15) is 9.59 Å². The third-order valence-corrected chi connectivity index (χ3v) is 5.26. The van der Waals surface area contributed by atoms with Gasteiger partial charge in [0, 0.05) is 36.7 Å². The number of unbranched alkanes of at least 4 members (excludes halogenated alkanes) is 3. The van der Waals surface area contributed by atoms with Gasteiger partial charge in [0.2, 0.25) is 11.8 Å². The molecule has 2 rings (SSSR count). The maximum absolute atomic E-state index is 12.3. The fourth-order valence-corrected chi connectivity index (χ4v) is 3.72. The van der Waals surface area contributed by atoms with Crippen LogP contribution >= 0.6 is 24.2 Å². The number of nitrogens with one attached hydrogen (secondary N) is 1. The van der Waals surface area contributed by atoms with Crippen LogP contribution < -0.4 is 11.1 Å². The standard InChI is InChI=1S/C19H29N3O2S.ClH/c20-10-4-2-1-3-5-18(23)21-17-8-6-16(7-9-17)15-19(24)22-11-13-25-14-12-22;/h6-9H,1-5,10-15,20H2,(H,21,23);1H. The van der Waals surface area contributed by atoms with Crippen molar-refractivity contribution >= 4 is 41.7 Å². The second-order valence-electron chi connectivity index (χ2n) is 6.37. The molecule has 1 heterocycles. The third-order valence-electron chi connectivity index (χ3n) is 4.31. The molecule has 0 aliphatic carbocycles. The van der Waals surface area contributed by atoms with Gasteiger partial charge >= 0.3 is 0 Å². The van der Waals surface area contributed by atoms with E-state index >= 15 is 0 Å². The van der Waals surface area contributed by atoms with Crippen molar-refractivity contribution in [3.05, 3.63) is 29.8 Å². The van der Waals surface area contributed by atoms with Gasteiger partial charge in [0.15, 0.2) is 0 Å². The molecule has 0 atom stereocenters. The zero-order valence-electron chi connectivity index (χ0n) is 15.2. The molecule has 0 aromatic heterocycles. The van der Waals surface area contributed by atoms with Crippen LogP contribution in [-0.2, 0) is 16.0 Å². The van der Waals surface area contributed by atoms with Crippen LogP contribution in [0.5, 0.6) is 0 Å². The summed E-state index contributed by atoms with van der Waals surface area (Å²) >= 11 is 1.90. The van der Waals surface area contributed by atoms with Crippen molar-refractivity contribution in [3.8, 4) is 0 Å². The Morgan fingerprint density at radius 2 is 1.69 bits per heavy atom. The molecule has 1 saturated heterocycles.